The summed E-state index contributed by atoms with van der Waals surface area (Å²) in [7, 11) is 0. The molecule has 4 N–H and O–H groups in total. The molecule has 0 saturated heterocycles. The van der Waals surface area contributed by atoms with Gasteiger partial charge in [0.2, 0.25) is 0 Å². The lowest BCUT2D eigenvalue weighted by Gasteiger charge is -2.33. The molecule has 5 heteroatoms. The third kappa shape index (κ3) is 3.23. The summed E-state index contributed by atoms with van der Waals surface area (Å²) in [6.07, 6.45) is 2.13. The Kier molecular flexibility index (Phi) is 4.04. The zero-order valence-electron chi connectivity index (χ0n) is 11.7. The molecule has 0 radical (unpaired) electrons. The molecule has 19 heavy (non-hydrogen) atoms. The van der Waals surface area contributed by atoms with Crippen LogP contribution in [0.4, 0.5) is 5.82 Å². The summed E-state index contributed by atoms with van der Waals surface area (Å²) < 4.78 is 0. The van der Waals surface area contributed by atoms with Gasteiger partial charge < -0.3 is 10.7 Å². The lowest BCUT2D eigenvalue weighted by molar-refractivity contribution is 0.0896. The quantitative estimate of drug-likeness (QED) is 0.573. The number of hydrogen-bond acceptors (Lipinski definition) is 4. The van der Waals surface area contributed by atoms with Crippen LogP contribution in [0.1, 0.15) is 55.6 Å². The van der Waals surface area contributed by atoms with Crippen molar-refractivity contribution in [3.8, 4) is 0 Å². The first kappa shape index (κ1) is 13.8. The number of hydrogen-bond donors (Lipinski definition) is 3. The molecule has 1 amide bonds. The highest BCUT2D eigenvalue weighted by atomic mass is 16.1. The highest BCUT2D eigenvalue weighted by molar-refractivity contribution is 5.95. The Bertz CT molecular complexity index is 467. The molecule has 1 fully saturated rings. The van der Waals surface area contributed by atoms with Crippen molar-refractivity contribution in [1.82, 2.24) is 10.3 Å². The third-order valence-corrected chi connectivity index (χ3v) is 3.56. The molecular weight excluding hydrogens is 240 g/mol. The summed E-state index contributed by atoms with van der Waals surface area (Å²) >= 11 is 0. The maximum Gasteiger partial charge on any atom is 0.251 e. The molecule has 0 aliphatic heterocycles. The second kappa shape index (κ2) is 5.57. The van der Waals surface area contributed by atoms with Crippen molar-refractivity contribution in [3.05, 3.63) is 23.4 Å². The Morgan fingerprint density at radius 2 is 2.11 bits per heavy atom. The van der Waals surface area contributed by atoms with Gasteiger partial charge in [-0.2, -0.15) is 0 Å². The van der Waals surface area contributed by atoms with E-state index in [4.69, 9.17) is 5.84 Å². The van der Waals surface area contributed by atoms with Crippen LogP contribution in [0.25, 0.3) is 0 Å². The first-order chi connectivity index (χ1) is 8.99. The molecule has 1 heterocycles. The molecule has 1 aromatic heterocycles. The number of hydrazine groups is 1. The van der Waals surface area contributed by atoms with Gasteiger partial charge in [-0.3, -0.25) is 4.79 Å². The standard InChI is InChI=1S/C14H22N4O/c1-8(2)12-6-10(7-13(17-12)18-15)14(19)16-11-4-9(3)5-11/h6-9,11H,4-5,15H2,1-3H3,(H,16,19)(H,17,18). The van der Waals surface area contributed by atoms with Crippen molar-refractivity contribution in [2.45, 2.75) is 45.6 Å². The van der Waals surface area contributed by atoms with Gasteiger partial charge in [0.25, 0.3) is 5.91 Å². The lowest BCUT2D eigenvalue weighted by atomic mass is 9.82. The number of rotatable bonds is 4. The molecule has 5 nitrogen and oxygen atoms in total. The van der Waals surface area contributed by atoms with Crippen LogP contribution >= 0.6 is 0 Å². The monoisotopic (exact) mass is 262 g/mol. The molecule has 0 aromatic carbocycles. The van der Waals surface area contributed by atoms with E-state index >= 15 is 0 Å². The van der Waals surface area contributed by atoms with E-state index in [9.17, 15) is 4.79 Å². The number of nitrogen functional groups attached to an aromatic ring is 1. The summed E-state index contributed by atoms with van der Waals surface area (Å²) in [6.45, 7) is 6.28. The number of aromatic nitrogens is 1. The van der Waals surface area contributed by atoms with Crippen LogP contribution < -0.4 is 16.6 Å². The Balaban J connectivity index is 2.13. The van der Waals surface area contributed by atoms with Gasteiger partial charge in [0, 0.05) is 17.3 Å². The normalized spacial score (nSPS) is 21.9. The number of nitrogens with one attached hydrogen (secondary N) is 2. The second-order valence-electron chi connectivity index (χ2n) is 5.71. The molecular formula is C14H22N4O. The van der Waals surface area contributed by atoms with Gasteiger partial charge in [0.15, 0.2) is 0 Å². The highest BCUT2D eigenvalue weighted by Gasteiger charge is 2.27. The minimum atomic E-state index is -0.0438. The zero-order valence-corrected chi connectivity index (χ0v) is 11.7. The number of anilines is 1. The predicted octanol–water partition coefficient (Wildman–Crippen LogP) is 2.02. The first-order valence-corrected chi connectivity index (χ1v) is 6.79. The van der Waals surface area contributed by atoms with E-state index in [0.717, 1.165) is 24.5 Å². The van der Waals surface area contributed by atoms with E-state index < -0.39 is 0 Å². The molecule has 1 aromatic rings. The molecule has 0 atom stereocenters. The average Bonchev–Trinajstić information content (AvgIpc) is 2.36. The number of nitrogens with zero attached hydrogens (tertiary/aromatic N) is 1. The molecule has 1 aliphatic rings. The summed E-state index contributed by atoms with van der Waals surface area (Å²) in [5.74, 6) is 6.85. The number of pyridine rings is 1. The minimum Gasteiger partial charge on any atom is -0.349 e. The highest BCUT2D eigenvalue weighted by Crippen LogP contribution is 2.26. The van der Waals surface area contributed by atoms with E-state index in [2.05, 4.69) is 22.7 Å². The maximum absolute atomic E-state index is 12.2. The second-order valence-corrected chi connectivity index (χ2v) is 5.71. The number of carbonyl (C=O) groups excluding carboxylic acids is 1. The van der Waals surface area contributed by atoms with Gasteiger partial charge in [-0.15, -0.1) is 0 Å². The molecule has 0 bridgehead atoms. The van der Waals surface area contributed by atoms with Gasteiger partial charge in [-0.05, 0) is 36.8 Å². The fraction of sp³-hybridized carbons (Fsp3) is 0.571. The van der Waals surface area contributed by atoms with Gasteiger partial charge in [0.1, 0.15) is 5.82 Å². The van der Waals surface area contributed by atoms with E-state index in [1.807, 2.05) is 19.9 Å². The Morgan fingerprint density at radius 1 is 1.42 bits per heavy atom. The van der Waals surface area contributed by atoms with E-state index in [0.29, 0.717) is 17.4 Å². The Morgan fingerprint density at radius 3 is 2.63 bits per heavy atom. The van der Waals surface area contributed by atoms with Crippen LogP contribution in [0.3, 0.4) is 0 Å². The van der Waals surface area contributed by atoms with Crippen LogP contribution in [0.15, 0.2) is 12.1 Å². The van der Waals surface area contributed by atoms with Crippen molar-refractivity contribution in [2.75, 3.05) is 5.43 Å². The van der Waals surface area contributed by atoms with Crippen molar-refractivity contribution >= 4 is 11.7 Å². The first-order valence-electron chi connectivity index (χ1n) is 6.79. The Labute approximate surface area is 114 Å². The molecule has 0 spiro atoms. The number of amides is 1. The van der Waals surface area contributed by atoms with Crippen molar-refractivity contribution in [1.29, 1.82) is 0 Å². The van der Waals surface area contributed by atoms with Gasteiger partial charge in [-0.1, -0.05) is 20.8 Å². The van der Waals surface area contributed by atoms with Gasteiger partial charge in [-0.25, -0.2) is 10.8 Å². The molecule has 1 aliphatic carbocycles. The van der Waals surface area contributed by atoms with Crippen LogP contribution in [-0.2, 0) is 0 Å². The third-order valence-electron chi connectivity index (χ3n) is 3.56. The van der Waals surface area contributed by atoms with Crippen LogP contribution in [0.2, 0.25) is 0 Å². The smallest absolute Gasteiger partial charge is 0.251 e. The number of carbonyl (C=O) groups is 1. The fourth-order valence-corrected chi connectivity index (χ4v) is 2.34. The maximum atomic E-state index is 12.2. The summed E-state index contributed by atoms with van der Waals surface area (Å²) in [4.78, 5) is 16.5. The molecule has 0 unspecified atom stereocenters. The summed E-state index contributed by atoms with van der Waals surface area (Å²) in [5, 5.41) is 3.05. The van der Waals surface area contributed by atoms with Gasteiger partial charge in [0.05, 0.1) is 0 Å². The fourth-order valence-electron chi connectivity index (χ4n) is 2.34. The molecule has 2 rings (SSSR count). The van der Waals surface area contributed by atoms with Crippen molar-refractivity contribution in [2.24, 2.45) is 11.8 Å². The minimum absolute atomic E-state index is 0.0438. The van der Waals surface area contributed by atoms with E-state index in [-0.39, 0.29) is 11.8 Å². The zero-order chi connectivity index (χ0) is 14.0. The summed E-state index contributed by atoms with van der Waals surface area (Å²) in [6, 6.07) is 3.83. The largest absolute Gasteiger partial charge is 0.349 e. The van der Waals surface area contributed by atoms with Gasteiger partial charge >= 0.3 is 0 Å². The average molecular weight is 262 g/mol. The van der Waals surface area contributed by atoms with Crippen LogP contribution in [0, 0.1) is 5.92 Å². The summed E-state index contributed by atoms with van der Waals surface area (Å²) in [5.41, 5.74) is 4.00. The lowest BCUT2D eigenvalue weighted by Crippen LogP contribution is -2.43. The van der Waals surface area contributed by atoms with Crippen molar-refractivity contribution in [3.63, 3.8) is 0 Å². The topological polar surface area (TPSA) is 80.0 Å². The van der Waals surface area contributed by atoms with E-state index in [1.54, 1.807) is 6.07 Å². The van der Waals surface area contributed by atoms with Crippen LogP contribution in [0.5, 0.6) is 0 Å². The number of nitrogens with two attached hydrogens (primary N) is 1. The van der Waals surface area contributed by atoms with E-state index in [1.165, 1.54) is 0 Å². The molecule has 1 saturated carbocycles. The SMILES string of the molecule is CC1CC(NC(=O)c2cc(NN)nc(C(C)C)c2)C1. The molecule has 104 valence electrons. The van der Waals surface area contributed by atoms with Crippen LogP contribution in [-0.4, -0.2) is 16.9 Å². The predicted molar refractivity (Wildman–Crippen MR) is 75.8 cm³/mol. The Hall–Kier alpha value is -1.62. The van der Waals surface area contributed by atoms with Crippen molar-refractivity contribution < 1.29 is 4.79 Å².